The van der Waals surface area contributed by atoms with Gasteiger partial charge >= 0.3 is 12.9 Å². The molecule has 1 aromatic heterocycles. The zero-order valence-corrected chi connectivity index (χ0v) is 27.1. The molecular formula is C33H35BF3N5O4S. The number of quaternary nitrogens is 1. The molecule has 0 saturated heterocycles. The number of carboxylic acids is 1. The maximum absolute atomic E-state index is 12.9. The van der Waals surface area contributed by atoms with Crippen LogP contribution in [0.15, 0.2) is 70.0 Å². The lowest BCUT2D eigenvalue weighted by Crippen LogP contribution is -2.48. The third-order valence-electron chi connectivity index (χ3n) is 7.82. The van der Waals surface area contributed by atoms with E-state index in [-0.39, 0.29) is 22.0 Å². The number of aromatic carboxylic acids is 1. The molecule has 5 rings (SSSR count). The highest BCUT2D eigenvalue weighted by molar-refractivity contribution is 7.80. The Balaban J connectivity index is 1.21. The fourth-order valence-electron chi connectivity index (χ4n) is 5.83. The van der Waals surface area contributed by atoms with Crippen LogP contribution in [-0.4, -0.2) is 63.1 Å². The van der Waals surface area contributed by atoms with Gasteiger partial charge in [-0.05, 0) is 67.6 Å². The van der Waals surface area contributed by atoms with Gasteiger partial charge in [-0.25, -0.2) is 4.79 Å². The lowest BCUT2D eigenvalue weighted by atomic mass is 9.90. The Hall–Kier alpha value is -4.56. The Labute approximate surface area is 275 Å². The first-order valence-corrected chi connectivity index (χ1v) is 15.7. The monoisotopic (exact) mass is 665 g/mol. The molecule has 2 aromatic carbocycles. The second-order valence-corrected chi connectivity index (χ2v) is 13.0. The van der Waals surface area contributed by atoms with E-state index in [9.17, 15) is 27.6 Å². The van der Waals surface area contributed by atoms with Crippen LogP contribution in [0.5, 0.6) is 0 Å². The number of halogens is 3. The van der Waals surface area contributed by atoms with E-state index in [1.165, 1.54) is 26.2 Å². The van der Waals surface area contributed by atoms with Crippen molar-refractivity contribution in [2.75, 3.05) is 25.9 Å². The van der Waals surface area contributed by atoms with Crippen LogP contribution in [0.4, 0.5) is 18.6 Å². The molecule has 0 radical (unpaired) electrons. The van der Waals surface area contributed by atoms with Crippen LogP contribution in [0.2, 0.25) is 0 Å². The van der Waals surface area contributed by atoms with E-state index in [0.29, 0.717) is 57.4 Å². The van der Waals surface area contributed by atoms with Crippen molar-refractivity contribution in [3.63, 3.8) is 0 Å². The number of thiocarbonyl (C=S) groups is 1. The molecule has 1 aliphatic carbocycles. The van der Waals surface area contributed by atoms with Crippen molar-refractivity contribution < 1.29 is 31.7 Å². The number of anilines is 1. The predicted molar refractivity (Wildman–Crippen MR) is 181 cm³/mol. The first-order chi connectivity index (χ1) is 22.2. The Morgan fingerprint density at radius 2 is 1.81 bits per heavy atom. The predicted octanol–water partition coefficient (Wildman–Crippen LogP) is 7.13. The summed E-state index contributed by atoms with van der Waals surface area (Å²) >= 11 is 5.55. The molecule has 0 fully saturated rings. The number of nitrogens with one attached hydrogen (secondary N) is 1. The Bertz CT molecular complexity index is 1970. The van der Waals surface area contributed by atoms with Gasteiger partial charge in [-0.2, -0.15) is 0 Å². The van der Waals surface area contributed by atoms with Gasteiger partial charge < -0.3 is 32.3 Å². The number of unbranched alkanes of at least 4 members (excludes halogenated alkanes) is 2. The van der Waals surface area contributed by atoms with Crippen LogP contribution >= 0.6 is 12.2 Å². The van der Waals surface area contributed by atoms with E-state index in [2.05, 4.69) is 15.6 Å². The topological polar surface area (TPSA) is 110 Å². The van der Waals surface area contributed by atoms with Gasteiger partial charge in [0.1, 0.15) is 23.6 Å². The minimum atomic E-state index is -4.90. The average molecular weight is 666 g/mol. The third-order valence-corrected chi connectivity index (χ3v) is 8.13. The molecule has 0 atom stereocenters. The number of hydrogen-bond acceptors (Lipinski definition) is 6. The Kier molecular flexibility index (Phi) is 9.82. The van der Waals surface area contributed by atoms with Crippen LogP contribution < -0.4 is 10.7 Å². The number of nitrogens with zero attached hydrogens (tertiary/aromatic N) is 4. The number of rotatable bonds is 13. The number of carboxylic acid groups (broad SMARTS) is 1. The molecule has 3 aromatic rings. The van der Waals surface area contributed by atoms with Crippen molar-refractivity contribution >= 4 is 46.8 Å². The maximum atomic E-state index is 12.9. The summed E-state index contributed by atoms with van der Waals surface area (Å²) in [5, 5.41) is 22.2. The zero-order chi connectivity index (χ0) is 33.9. The summed E-state index contributed by atoms with van der Waals surface area (Å²) in [6.07, 6.45) is 3.78. The first kappa shape index (κ1) is 33.8. The minimum Gasteiger partial charge on any atom is -0.478 e. The molecule has 0 saturated carbocycles. The molecule has 2 aliphatic rings. The summed E-state index contributed by atoms with van der Waals surface area (Å²) < 4.78 is 46.1. The van der Waals surface area contributed by atoms with Gasteiger partial charge in [0.15, 0.2) is 5.43 Å². The quantitative estimate of drug-likeness (QED) is 0.0450. The number of aryl methyl sites for hydroxylation is 2. The number of carbonyl (C=O) groups is 1. The van der Waals surface area contributed by atoms with Gasteiger partial charge in [0.05, 0.1) is 37.3 Å². The fraction of sp³-hybridized carbons (Fsp3) is 0.303. The van der Waals surface area contributed by atoms with Gasteiger partial charge in [0.2, 0.25) is 0 Å². The van der Waals surface area contributed by atoms with Gasteiger partial charge in [-0.3, -0.25) is 9.48 Å². The highest BCUT2D eigenvalue weighted by Gasteiger charge is 2.34. The van der Waals surface area contributed by atoms with E-state index in [0.717, 1.165) is 30.2 Å². The van der Waals surface area contributed by atoms with Crippen molar-refractivity contribution in [2.45, 2.75) is 45.7 Å². The summed E-state index contributed by atoms with van der Waals surface area (Å²) in [7, 11) is 3.05. The van der Waals surface area contributed by atoms with Crippen molar-refractivity contribution in [2.24, 2.45) is 0 Å². The SMILES string of the molecule is Cc1ccc2c(-c3ccc(NC(=S)CCCCCn4cc(C[N+](C)(C)C[B-](F)(F)F)nn4)cc3C(=O)O)c3ccc(=O)cc-3oc2c1. The maximum Gasteiger partial charge on any atom is 0.531 e. The summed E-state index contributed by atoms with van der Waals surface area (Å²) in [4.78, 5) is 25.2. The van der Waals surface area contributed by atoms with Crippen molar-refractivity contribution in [1.29, 1.82) is 0 Å². The van der Waals surface area contributed by atoms with Crippen LogP contribution in [0.25, 0.3) is 33.4 Å². The molecule has 47 heavy (non-hydrogen) atoms. The fourth-order valence-corrected chi connectivity index (χ4v) is 6.09. The average Bonchev–Trinajstić information content (AvgIpc) is 3.40. The smallest absolute Gasteiger partial charge is 0.478 e. The first-order valence-electron chi connectivity index (χ1n) is 15.2. The lowest BCUT2D eigenvalue weighted by Gasteiger charge is -2.33. The van der Waals surface area contributed by atoms with E-state index in [1.54, 1.807) is 35.1 Å². The summed E-state index contributed by atoms with van der Waals surface area (Å²) in [5.74, 6) is -0.733. The molecule has 246 valence electrons. The van der Waals surface area contributed by atoms with Gasteiger partial charge in [-0.15, -0.1) is 5.10 Å². The van der Waals surface area contributed by atoms with E-state index in [1.807, 2.05) is 25.1 Å². The van der Waals surface area contributed by atoms with E-state index >= 15 is 0 Å². The summed E-state index contributed by atoms with van der Waals surface area (Å²) in [5.41, 5.74) is 4.23. The van der Waals surface area contributed by atoms with Crippen molar-refractivity contribution in [3.05, 3.63) is 87.8 Å². The van der Waals surface area contributed by atoms with Gasteiger partial charge in [0.25, 0.3) is 0 Å². The molecule has 2 heterocycles. The molecule has 0 spiro atoms. The normalized spacial score (nSPS) is 12.1. The highest BCUT2D eigenvalue weighted by Crippen LogP contribution is 2.42. The number of hydrogen-bond donors (Lipinski definition) is 2. The Morgan fingerprint density at radius 1 is 1.04 bits per heavy atom. The second kappa shape index (κ2) is 13.7. The second-order valence-electron chi connectivity index (χ2n) is 12.5. The lowest BCUT2D eigenvalue weighted by molar-refractivity contribution is -0.895. The van der Waals surface area contributed by atoms with Gasteiger partial charge in [-0.1, -0.05) is 42.1 Å². The van der Waals surface area contributed by atoms with E-state index < -0.39 is 19.4 Å². The van der Waals surface area contributed by atoms with Crippen LogP contribution in [0.3, 0.4) is 0 Å². The highest BCUT2D eigenvalue weighted by atomic mass is 32.1. The Morgan fingerprint density at radius 3 is 2.55 bits per heavy atom. The molecule has 14 heteroatoms. The molecule has 1 aliphatic heterocycles. The van der Waals surface area contributed by atoms with Crippen LogP contribution in [0.1, 0.15) is 47.3 Å². The van der Waals surface area contributed by atoms with Gasteiger partial charge in [0, 0.05) is 34.8 Å². The standard InChI is InChI=1S/C33H35BF3N5O4S/c1-21-8-11-26-29(15-21)46-30-17-24(43)10-13-27(30)32(26)25-12-9-22(16-28(25)33(44)45)38-31(47)7-5-4-6-14-41-18-23(39-40-41)19-42(2,3)20-34(35,36)37/h8-13,15-18H,4-7,14,19-20H2,1-3H3,(H,38,47)(H,44,45). The molecule has 2 N–H and O–H groups in total. The van der Waals surface area contributed by atoms with Crippen LogP contribution in [0, 0.1) is 6.92 Å². The van der Waals surface area contributed by atoms with Crippen molar-refractivity contribution in [3.8, 4) is 22.5 Å². The molecule has 0 amide bonds. The molecule has 9 nitrogen and oxygen atoms in total. The molecule has 0 unspecified atom stereocenters. The van der Waals surface area contributed by atoms with Crippen molar-refractivity contribution in [1.82, 2.24) is 15.0 Å². The zero-order valence-electron chi connectivity index (χ0n) is 26.3. The van der Waals surface area contributed by atoms with Crippen LogP contribution in [-0.2, 0) is 13.1 Å². The summed E-state index contributed by atoms with van der Waals surface area (Å²) in [6, 6.07) is 15.2. The van der Waals surface area contributed by atoms with E-state index in [4.69, 9.17) is 16.6 Å². The minimum absolute atomic E-state index is 0.0760. The number of fused-ring (bicyclic) bond motifs is 2. The number of benzene rings is 3. The summed E-state index contributed by atoms with van der Waals surface area (Å²) in [6.45, 7) is -2.25. The third kappa shape index (κ3) is 8.63. The number of aromatic nitrogens is 3. The molecule has 0 bridgehead atoms. The molecular weight excluding hydrogens is 630 g/mol. The largest absolute Gasteiger partial charge is 0.531 e.